The molecule has 1 aliphatic carbocycles. The SMILES string of the molecule is CN1CCC[C@H]1C(=O)N1CCC2(CC1)c1nc[nH]c1CCN2C(=O)C1CCC1. The molecule has 1 aromatic rings. The van der Waals surface area contributed by atoms with Gasteiger partial charge in [-0.15, -0.1) is 0 Å². The number of aromatic nitrogens is 2. The minimum absolute atomic E-state index is 0.0362. The van der Waals surface area contributed by atoms with Gasteiger partial charge in [-0.2, -0.15) is 0 Å². The normalized spacial score (nSPS) is 27.7. The third kappa shape index (κ3) is 2.70. The van der Waals surface area contributed by atoms with E-state index < -0.39 is 0 Å². The number of fused-ring (bicyclic) bond motifs is 2. The van der Waals surface area contributed by atoms with Crippen molar-refractivity contribution in [1.82, 2.24) is 24.7 Å². The zero-order valence-corrected chi connectivity index (χ0v) is 16.8. The van der Waals surface area contributed by atoms with Gasteiger partial charge in [0.15, 0.2) is 0 Å². The highest BCUT2D eigenvalue weighted by Gasteiger charge is 2.51. The summed E-state index contributed by atoms with van der Waals surface area (Å²) in [5.74, 6) is 0.782. The molecule has 4 heterocycles. The van der Waals surface area contributed by atoms with E-state index in [1.165, 1.54) is 12.1 Å². The molecule has 2 saturated heterocycles. The maximum absolute atomic E-state index is 13.3. The Morgan fingerprint density at radius 3 is 2.50 bits per heavy atom. The Labute approximate surface area is 166 Å². The van der Waals surface area contributed by atoms with Crippen LogP contribution in [0.4, 0.5) is 0 Å². The van der Waals surface area contributed by atoms with E-state index in [1.807, 2.05) is 4.90 Å². The number of carbonyl (C=O) groups is 2. The number of aromatic amines is 1. The molecule has 3 aliphatic heterocycles. The Kier molecular flexibility index (Phi) is 4.45. The maximum Gasteiger partial charge on any atom is 0.239 e. The van der Waals surface area contributed by atoms with E-state index in [0.29, 0.717) is 19.0 Å². The van der Waals surface area contributed by atoms with Gasteiger partial charge in [0.05, 0.1) is 23.6 Å². The lowest BCUT2D eigenvalue weighted by Crippen LogP contribution is -2.61. The van der Waals surface area contributed by atoms with Gasteiger partial charge >= 0.3 is 0 Å². The van der Waals surface area contributed by atoms with Crippen molar-refractivity contribution in [2.45, 2.75) is 62.9 Å². The highest BCUT2D eigenvalue weighted by molar-refractivity contribution is 5.83. The molecular weight excluding hydrogens is 354 g/mol. The first-order valence-corrected chi connectivity index (χ1v) is 10.9. The summed E-state index contributed by atoms with van der Waals surface area (Å²) in [6.45, 7) is 3.20. The fourth-order valence-corrected chi connectivity index (χ4v) is 5.71. The number of carbonyl (C=O) groups excluding carboxylic acids is 2. The third-order valence-corrected chi connectivity index (χ3v) is 7.69. The third-order valence-electron chi connectivity index (χ3n) is 7.69. The molecule has 7 heteroatoms. The van der Waals surface area contributed by atoms with Gasteiger partial charge in [0.25, 0.3) is 0 Å². The van der Waals surface area contributed by atoms with Crippen molar-refractivity contribution >= 4 is 11.8 Å². The lowest BCUT2D eigenvalue weighted by atomic mass is 9.76. The van der Waals surface area contributed by atoms with Gasteiger partial charge in [0.1, 0.15) is 0 Å². The lowest BCUT2D eigenvalue weighted by Gasteiger charge is -2.52. The van der Waals surface area contributed by atoms with Crippen molar-refractivity contribution < 1.29 is 9.59 Å². The molecule has 1 N–H and O–H groups in total. The number of likely N-dealkylation sites (tertiary alicyclic amines) is 2. The predicted molar refractivity (Wildman–Crippen MR) is 104 cm³/mol. The zero-order chi connectivity index (χ0) is 19.3. The van der Waals surface area contributed by atoms with Crippen molar-refractivity contribution in [3.63, 3.8) is 0 Å². The average Bonchev–Trinajstić information content (AvgIpc) is 3.30. The van der Waals surface area contributed by atoms with Crippen molar-refractivity contribution in [1.29, 1.82) is 0 Å². The highest BCUT2D eigenvalue weighted by atomic mass is 16.2. The van der Waals surface area contributed by atoms with Gasteiger partial charge in [-0.3, -0.25) is 14.5 Å². The number of piperidine rings is 1. The van der Waals surface area contributed by atoms with E-state index in [-0.39, 0.29) is 23.4 Å². The van der Waals surface area contributed by atoms with Gasteiger partial charge in [-0.25, -0.2) is 4.98 Å². The molecule has 2 amide bonds. The summed E-state index contributed by atoms with van der Waals surface area (Å²) >= 11 is 0. The lowest BCUT2D eigenvalue weighted by molar-refractivity contribution is -0.151. The summed E-state index contributed by atoms with van der Waals surface area (Å²) in [4.78, 5) is 40.6. The topological polar surface area (TPSA) is 72.5 Å². The molecule has 1 atom stereocenters. The van der Waals surface area contributed by atoms with Crippen LogP contribution >= 0.6 is 0 Å². The number of nitrogens with zero attached hydrogens (tertiary/aromatic N) is 4. The first-order valence-electron chi connectivity index (χ1n) is 10.9. The molecule has 28 heavy (non-hydrogen) atoms. The minimum atomic E-state index is -0.335. The fraction of sp³-hybridized carbons (Fsp3) is 0.762. The second kappa shape index (κ2) is 6.87. The van der Waals surface area contributed by atoms with Crippen molar-refractivity contribution in [2.24, 2.45) is 5.92 Å². The largest absolute Gasteiger partial charge is 0.348 e. The van der Waals surface area contributed by atoms with Gasteiger partial charge in [-0.05, 0) is 52.1 Å². The number of likely N-dealkylation sites (N-methyl/N-ethyl adjacent to an activating group) is 1. The van der Waals surface area contributed by atoms with E-state index in [9.17, 15) is 9.59 Å². The average molecular weight is 386 g/mol. The molecule has 3 fully saturated rings. The summed E-state index contributed by atoms with van der Waals surface area (Å²) < 4.78 is 0. The molecule has 1 aromatic heterocycles. The number of rotatable bonds is 2. The molecule has 0 bridgehead atoms. The van der Waals surface area contributed by atoms with Crippen molar-refractivity contribution in [2.75, 3.05) is 33.2 Å². The van der Waals surface area contributed by atoms with Crippen LogP contribution in [0.15, 0.2) is 6.33 Å². The van der Waals surface area contributed by atoms with Crippen LogP contribution in [0.5, 0.6) is 0 Å². The van der Waals surface area contributed by atoms with Crippen LogP contribution in [0.3, 0.4) is 0 Å². The molecule has 0 unspecified atom stereocenters. The quantitative estimate of drug-likeness (QED) is 0.838. The van der Waals surface area contributed by atoms with Gasteiger partial charge < -0.3 is 14.8 Å². The van der Waals surface area contributed by atoms with Crippen LogP contribution in [0.25, 0.3) is 0 Å². The molecule has 152 valence electrons. The first-order chi connectivity index (χ1) is 13.6. The van der Waals surface area contributed by atoms with Crippen LogP contribution in [-0.4, -0.2) is 75.8 Å². The van der Waals surface area contributed by atoms with Crippen molar-refractivity contribution in [3.8, 4) is 0 Å². The molecule has 1 spiro atoms. The standard InChI is InChI=1S/C21H31N5O2/c1-24-10-3-6-17(24)20(28)25-12-8-21(9-13-25)18-16(22-14-23-18)7-11-26(21)19(27)15-4-2-5-15/h14-15,17H,2-13H2,1H3,(H,22,23)/t17-/m0/s1. The monoisotopic (exact) mass is 385 g/mol. The Hall–Kier alpha value is -1.89. The first kappa shape index (κ1) is 18.2. The predicted octanol–water partition coefficient (Wildman–Crippen LogP) is 1.51. The highest BCUT2D eigenvalue weighted by Crippen LogP contribution is 2.44. The number of H-pyrrole nitrogens is 1. The number of imidazole rings is 1. The molecule has 7 nitrogen and oxygen atoms in total. The molecule has 4 aliphatic rings. The van der Waals surface area contributed by atoms with E-state index in [1.54, 1.807) is 6.33 Å². The minimum Gasteiger partial charge on any atom is -0.348 e. The molecular formula is C21H31N5O2. The van der Waals surface area contributed by atoms with Crippen LogP contribution in [-0.2, 0) is 21.5 Å². The number of hydrogen-bond acceptors (Lipinski definition) is 4. The number of amides is 2. The van der Waals surface area contributed by atoms with E-state index >= 15 is 0 Å². The smallest absolute Gasteiger partial charge is 0.239 e. The maximum atomic E-state index is 13.3. The van der Waals surface area contributed by atoms with Crippen LogP contribution in [0, 0.1) is 5.92 Å². The fourth-order valence-electron chi connectivity index (χ4n) is 5.71. The molecule has 0 radical (unpaired) electrons. The van der Waals surface area contributed by atoms with Crippen molar-refractivity contribution in [3.05, 3.63) is 17.7 Å². The van der Waals surface area contributed by atoms with Gasteiger partial charge in [-0.1, -0.05) is 6.42 Å². The summed E-state index contributed by atoms with van der Waals surface area (Å²) in [5, 5.41) is 0. The van der Waals surface area contributed by atoms with Crippen LogP contribution in [0.1, 0.15) is 56.3 Å². The summed E-state index contributed by atoms with van der Waals surface area (Å²) in [6, 6.07) is 0.0362. The summed E-state index contributed by atoms with van der Waals surface area (Å²) in [5.41, 5.74) is 1.89. The second-order valence-corrected chi connectivity index (χ2v) is 9.09. The second-order valence-electron chi connectivity index (χ2n) is 9.09. The number of hydrogen-bond donors (Lipinski definition) is 1. The summed E-state index contributed by atoms with van der Waals surface area (Å²) in [6.07, 6.45) is 9.51. The van der Waals surface area contributed by atoms with E-state index in [2.05, 4.69) is 26.8 Å². The Morgan fingerprint density at radius 2 is 1.86 bits per heavy atom. The van der Waals surface area contributed by atoms with E-state index in [0.717, 1.165) is 63.7 Å². The van der Waals surface area contributed by atoms with Gasteiger partial charge in [0, 0.05) is 37.7 Å². The Bertz CT molecular complexity index is 763. The summed E-state index contributed by atoms with van der Waals surface area (Å²) in [7, 11) is 2.05. The molecule has 1 saturated carbocycles. The van der Waals surface area contributed by atoms with E-state index in [4.69, 9.17) is 0 Å². The molecule has 0 aromatic carbocycles. The Morgan fingerprint density at radius 1 is 1.07 bits per heavy atom. The number of nitrogens with one attached hydrogen (secondary N) is 1. The Balaban J connectivity index is 1.38. The molecule has 5 rings (SSSR count). The zero-order valence-electron chi connectivity index (χ0n) is 16.8. The van der Waals surface area contributed by atoms with Gasteiger partial charge in [0.2, 0.25) is 11.8 Å². The van der Waals surface area contributed by atoms with Crippen LogP contribution < -0.4 is 0 Å². The van der Waals surface area contributed by atoms with Crippen LogP contribution in [0.2, 0.25) is 0 Å².